The van der Waals surface area contributed by atoms with Crippen LogP contribution >= 0.6 is 11.8 Å². The van der Waals surface area contributed by atoms with Crippen molar-refractivity contribution in [2.24, 2.45) is 0 Å². The number of amides is 2. The van der Waals surface area contributed by atoms with Gasteiger partial charge in [-0.05, 0) is 12.8 Å². The van der Waals surface area contributed by atoms with Crippen LogP contribution in [0.25, 0.3) is 0 Å². The smallest absolute Gasteiger partial charge is 0.313 e. The number of rotatable bonds is 8. The minimum absolute atomic E-state index is 0.0735. The number of aliphatic carboxylic acids is 1. The van der Waals surface area contributed by atoms with Gasteiger partial charge in [0.05, 0.1) is 11.5 Å². The van der Waals surface area contributed by atoms with Crippen LogP contribution in [0.1, 0.15) is 26.2 Å². The third-order valence-corrected chi connectivity index (χ3v) is 3.97. The highest BCUT2D eigenvalue weighted by Gasteiger charge is 2.28. The molecule has 0 aromatic carbocycles. The number of carbonyl (C=O) groups is 3. The van der Waals surface area contributed by atoms with E-state index in [0.29, 0.717) is 25.6 Å². The molecule has 7 heteroatoms. The molecule has 1 saturated heterocycles. The summed E-state index contributed by atoms with van der Waals surface area (Å²) in [4.78, 5) is 35.1. The lowest BCUT2D eigenvalue weighted by molar-refractivity contribution is -0.134. The fourth-order valence-corrected chi connectivity index (χ4v) is 2.69. The van der Waals surface area contributed by atoms with Crippen LogP contribution in [0.5, 0.6) is 0 Å². The Balaban J connectivity index is 2.17. The van der Waals surface area contributed by atoms with Crippen LogP contribution in [0.2, 0.25) is 0 Å². The first-order valence-corrected chi connectivity index (χ1v) is 7.55. The Morgan fingerprint density at radius 1 is 1.47 bits per heavy atom. The van der Waals surface area contributed by atoms with Gasteiger partial charge in [0.15, 0.2) is 0 Å². The van der Waals surface area contributed by atoms with Gasteiger partial charge in [-0.15, -0.1) is 11.8 Å². The van der Waals surface area contributed by atoms with Crippen molar-refractivity contribution in [3.63, 3.8) is 0 Å². The van der Waals surface area contributed by atoms with Gasteiger partial charge in [0.1, 0.15) is 0 Å². The summed E-state index contributed by atoms with van der Waals surface area (Å²) in [6.07, 6.45) is 2.44. The van der Waals surface area contributed by atoms with Crippen LogP contribution in [0, 0.1) is 0 Å². The van der Waals surface area contributed by atoms with Gasteiger partial charge < -0.3 is 15.3 Å². The first kappa shape index (κ1) is 15.8. The van der Waals surface area contributed by atoms with E-state index in [-0.39, 0.29) is 23.3 Å². The van der Waals surface area contributed by atoms with Crippen LogP contribution in [0.3, 0.4) is 0 Å². The Bertz CT molecular complexity index is 349. The number of carboxylic acids is 1. The molecule has 0 bridgehead atoms. The second kappa shape index (κ2) is 8.04. The molecular formula is C12H20N2O4S. The summed E-state index contributed by atoms with van der Waals surface area (Å²) >= 11 is 1.07. The fraction of sp³-hybridized carbons (Fsp3) is 0.750. The molecule has 19 heavy (non-hydrogen) atoms. The van der Waals surface area contributed by atoms with Gasteiger partial charge in [0.2, 0.25) is 11.8 Å². The van der Waals surface area contributed by atoms with Crippen LogP contribution in [-0.2, 0) is 14.4 Å². The molecule has 0 spiro atoms. The van der Waals surface area contributed by atoms with E-state index in [0.717, 1.165) is 24.6 Å². The number of likely N-dealkylation sites (tertiary alicyclic amines) is 1. The highest BCUT2D eigenvalue weighted by molar-refractivity contribution is 8.00. The molecule has 1 aliphatic rings. The van der Waals surface area contributed by atoms with Gasteiger partial charge in [-0.25, -0.2) is 0 Å². The number of carboxylic acid groups (broad SMARTS) is 1. The van der Waals surface area contributed by atoms with E-state index >= 15 is 0 Å². The Kier molecular flexibility index (Phi) is 6.69. The predicted octanol–water partition coefficient (Wildman–Crippen LogP) is 0.321. The maximum Gasteiger partial charge on any atom is 0.313 e. The van der Waals surface area contributed by atoms with Crippen molar-refractivity contribution in [2.45, 2.75) is 32.2 Å². The number of hydrogen-bond donors (Lipinski definition) is 2. The Morgan fingerprint density at radius 3 is 2.84 bits per heavy atom. The number of carbonyl (C=O) groups excluding carboxylic acids is 2. The minimum Gasteiger partial charge on any atom is -0.481 e. The SMILES string of the molecule is CC[C@@H]1CCC(=O)N1CCNC(=O)CSCC(=O)O. The van der Waals surface area contributed by atoms with Crippen LogP contribution in [0.15, 0.2) is 0 Å². The molecule has 0 unspecified atom stereocenters. The zero-order chi connectivity index (χ0) is 14.3. The van der Waals surface area contributed by atoms with E-state index in [4.69, 9.17) is 5.11 Å². The average molecular weight is 288 g/mol. The lowest BCUT2D eigenvalue weighted by Crippen LogP contribution is -2.40. The zero-order valence-electron chi connectivity index (χ0n) is 11.1. The molecule has 2 N–H and O–H groups in total. The zero-order valence-corrected chi connectivity index (χ0v) is 11.9. The lowest BCUT2D eigenvalue weighted by atomic mass is 10.2. The largest absolute Gasteiger partial charge is 0.481 e. The van der Waals surface area contributed by atoms with Crippen molar-refractivity contribution >= 4 is 29.5 Å². The molecule has 108 valence electrons. The molecule has 0 aromatic rings. The second-order valence-corrected chi connectivity index (χ2v) is 5.41. The van der Waals surface area contributed by atoms with Gasteiger partial charge in [-0.3, -0.25) is 14.4 Å². The highest BCUT2D eigenvalue weighted by atomic mass is 32.2. The molecule has 1 aliphatic heterocycles. The monoisotopic (exact) mass is 288 g/mol. The van der Waals surface area contributed by atoms with Crippen molar-refractivity contribution in [3.8, 4) is 0 Å². The molecule has 0 aliphatic carbocycles. The molecule has 0 radical (unpaired) electrons. The normalized spacial score (nSPS) is 18.7. The van der Waals surface area contributed by atoms with E-state index in [1.165, 1.54) is 0 Å². The number of nitrogens with zero attached hydrogens (tertiary/aromatic N) is 1. The van der Waals surface area contributed by atoms with Crippen LogP contribution in [0.4, 0.5) is 0 Å². The number of thioether (sulfide) groups is 1. The Morgan fingerprint density at radius 2 is 2.21 bits per heavy atom. The second-order valence-electron chi connectivity index (χ2n) is 4.42. The van der Waals surface area contributed by atoms with E-state index in [9.17, 15) is 14.4 Å². The summed E-state index contributed by atoms with van der Waals surface area (Å²) in [7, 11) is 0. The van der Waals surface area contributed by atoms with Crippen molar-refractivity contribution in [1.29, 1.82) is 0 Å². The third-order valence-electron chi connectivity index (χ3n) is 3.06. The summed E-state index contributed by atoms with van der Waals surface area (Å²) in [5, 5.41) is 11.1. The summed E-state index contributed by atoms with van der Waals surface area (Å²) in [6, 6.07) is 0.297. The minimum atomic E-state index is -0.925. The van der Waals surface area contributed by atoms with E-state index in [2.05, 4.69) is 12.2 Å². The Labute approximate surface area is 116 Å². The molecule has 0 aromatic heterocycles. The molecule has 1 atom stereocenters. The number of hydrogen-bond acceptors (Lipinski definition) is 4. The van der Waals surface area contributed by atoms with Crippen molar-refractivity contribution in [3.05, 3.63) is 0 Å². The first-order valence-electron chi connectivity index (χ1n) is 6.40. The predicted molar refractivity (Wildman–Crippen MR) is 73.0 cm³/mol. The number of nitrogens with one attached hydrogen (secondary N) is 1. The maximum absolute atomic E-state index is 11.6. The average Bonchev–Trinajstić information content (AvgIpc) is 2.70. The molecule has 1 rings (SSSR count). The van der Waals surface area contributed by atoms with Crippen LogP contribution < -0.4 is 5.32 Å². The summed E-state index contributed by atoms with van der Waals surface area (Å²) in [5.41, 5.74) is 0. The lowest BCUT2D eigenvalue weighted by Gasteiger charge is -2.23. The van der Waals surface area contributed by atoms with Crippen molar-refractivity contribution in [2.75, 3.05) is 24.6 Å². The van der Waals surface area contributed by atoms with Crippen molar-refractivity contribution in [1.82, 2.24) is 10.2 Å². The Hall–Kier alpha value is -1.24. The topological polar surface area (TPSA) is 86.7 Å². The van der Waals surface area contributed by atoms with E-state index < -0.39 is 5.97 Å². The standard InChI is InChI=1S/C12H20N2O4S/c1-2-9-3-4-11(16)14(9)6-5-13-10(15)7-19-8-12(17)18/h9H,2-8H2,1H3,(H,13,15)(H,17,18)/t9-/m1/s1. The molecule has 2 amide bonds. The molecule has 1 heterocycles. The van der Waals surface area contributed by atoms with Crippen LogP contribution in [-0.4, -0.2) is 58.4 Å². The van der Waals surface area contributed by atoms with E-state index in [1.807, 2.05) is 4.90 Å². The van der Waals surface area contributed by atoms with E-state index in [1.54, 1.807) is 0 Å². The summed E-state index contributed by atoms with van der Waals surface area (Å²) in [5.74, 6) is -0.897. The van der Waals surface area contributed by atoms with Gasteiger partial charge >= 0.3 is 5.97 Å². The molecule has 6 nitrogen and oxygen atoms in total. The van der Waals surface area contributed by atoms with Gasteiger partial charge in [-0.2, -0.15) is 0 Å². The fourth-order valence-electron chi connectivity index (χ4n) is 2.12. The van der Waals surface area contributed by atoms with Gasteiger partial charge in [0, 0.05) is 25.6 Å². The molecule has 1 fully saturated rings. The molecular weight excluding hydrogens is 268 g/mol. The maximum atomic E-state index is 11.6. The van der Waals surface area contributed by atoms with Gasteiger partial charge in [0.25, 0.3) is 0 Å². The quantitative estimate of drug-likeness (QED) is 0.672. The van der Waals surface area contributed by atoms with Crippen molar-refractivity contribution < 1.29 is 19.5 Å². The highest BCUT2D eigenvalue weighted by Crippen LogP contribution is 2.20. The van der Waals surface area contributed by atoms with Gasteiger partial charge in [-0.1, -0.05) is 6.92 Å². The summed E-state index contributed by atoms with van der Waals surface area (Å²) in [6.45, 7) is 3.01. The molecule has 0 saturated carbocycles. The summed E-state index contributed by atoms with van der Waals surface area (Å²) < 4.78 is 0. The third kappa shape index (κ3) is 5.50. The first-order chi connectivity index (χ1) is 9.04.